The van der Waals surface area contributed by atoms with Crippen molar-refractivity contribution in [3.63, 3.8) is 0 Å². The minimum Gasteiger partial charge on any atom is -0.323 e. The Morgan fingerprint density at radius 2 is 1.72 bits per heavy atom. The Morgan fingerprint density at radius 3 is 2.56 bits per heavy atom. The molecule has 2 aromatic rings. The molecular formula is C14H12N2OS. The lowest BCUT2D eigenvalue weighted by Gasteiger charge is -2.19. The first-order valence-corrected chi connectivity index (χ1v) is 6.50. The van der Waals surface area contributed by atoms with E-state index >= 15 is 0 Å². The molecule has 0 unspecified atom stereocenters. The van der Waals surface area contributed by atoms with Gasteiger partial charge in [-0.2, -0.15) is 0 Å². The summed E-state index contributed by atoms with van der Waals surface area (Å²) in [6.07, 6.45) is 0. The van der Waals surface area contributed by atoms with E-state index in [9.17, 15) is 4.79 Å². The predicted molar refractivity (Wildman–Crippen MR) is 74.7 cm³/mol. The van der Waals surface area contributed by atoms with Gasteiger partial charge >= 0.3 is 0 Å². The van der Waals surface area contributed by atoms with Gasteiger partial charge in [-0.15, -0.1) is 0 Å². The van der Waals surface area contributed by atoms with Crippen molar-refractivity contribution in [1.29, 1.82) is 0 Å². The van der Waals surface area contributed by atoms with Gasteiger partial charge in [-0.25, -0.2) is 0 Å². The van der Waals surface area contributed by atoms with E-state index in [1.54, 1.807) is 11.9 Å². The van der Waals surface area contributed by atoms with E-state index in [0.717, 1.165) is 16.3 Å². The molecule has 4 heteroatoms. The normalized spacial score (nSPS) is 14.7. The van der Waals surface area contributed by atoms with Crippen LogP contribution in [0.15, 0.2) is 59.5 Å². The Balaban J connectivity index is 1.97. The number of fused-ring (bicyclic) bond motifs is 1. The maximum Gasteiger partial charge on any atom is 0.245 e. The third-order valence-electron chi connectivity index (χ3n) is 2.70. The van der Waals surface area contributed by atoms with Gasteiger partial charge in [-0.1, -0.05) is 30.3 Å². The lowest BCUT2D eigenvalue weighted by atomic mass is 10.3. The number of rotatable bonds is 1. The quantitative estimate of drug-likeness (QED) is 0.795. The molecule has 3 rings (SSSR count). The van der Waals surface area contributed by atoms with Crippen molar-refractivity contribution in [1.82, 2.24) is 0 Å². The Kier molecular flexibility index (Phi) is 2.94. The molecule has 0 atom stereocenters. The molecule has 0 saturated carbocycles. The topological polar surface area (TPSA) is 32.3 Å². The number of anilines is 2. The molecule has 0 spiro atoms. The third-order valence-corrected chi connectivity index (χ3v) is 3.81. The number of carbonyl (C=O) groups excluding carboxylic acids is 1. The van der Waals surface area contributed by atoms with Crippen LogP contribution in [0.4, 0.5) is 11.4 Å². The van der Waals surface area contributed by atoms with Crippen LogP contribution in [-0.2, 0) is 4.79 Å². The van der Waals surface area contributed by atoms with Crippen molar-refractivity contribution < 1.29 is 4.79 Å². The van der Waals surface area contributed by atoms with E-state index in [-0.39, 0.29) is 5.91 Å². The van der Waals surface area contributed by atoms with Crippen molar-refractivity contribution in [3.8, 4) is 0 Å². The number of hydrogen-bond donors (Lipinski definition) is 1. The molecule has 1 aliphatic rings. The monoisotopic (exact) mass is 256 g/mol. The Hall–Kier alpha value is -1.94. The summed E-state index contributed by atoms with van der Waals surface area (Å²) in [5.41, 5.74) is 1.92. The number of nitrogens with zero attached hydrogens (tertiary/aromatic N) is 1. The van der Waals surface area contributed by atoms with Gasteiger partial charge in [0.15, 0.2) is 0 Å². The molecular weight excluding hydrogens is 244 g/mol. The number of para-hydroxylation sites is 2. The highest BCUT2D eigenvalue weighted by Gasteiger charge is 2.19. The average Bonchev–Trinajstić information content (AvgIpc) is 2.57. The number of hydrogen-bond acceptors (Lipinski definition) is 3. The molecule has 0 saturated heterocycles. The van der Waals surface area contributed by atoms with Crippen LogP contribution in [0.5, 0.6) is 0 Å². The summed E-state index contributed by atoms with van der Waals surface area (Å²) in [5, 5.41) is 2.92. The van der Waals surface area contributed by atoms with Gasteiger partial charge in [0.05, 0.1) is 10.6 Å². The highest BCUT2D eigenvalue weighted by molar-refractivity contribution is 8.00. The van der Waals surface area contributed by atoms with Crippen LogP contribution in [0.2, 0.25) is 0 Å². The summed E-state index contributed by atoms with van der Waals surface area (Å²) in [7, 11) is 0. The van der Waals surface area contributed by atoms with Gasteiger partial charge in [0.1, 0.15) is 6.54 Å². The molecule has 0 fully saturated rings. The van der Waals surface area contributed by atoms with Crippen molar-refractivity contribution in [2.75, 3.05) is 16.2 Å². The molecule has 2 aromatic carbocycles. The summed E-state index contributed by atoms with van der Waals surface area (Å²) in [5.74, 6) is 0.0105. The number of nitrogens with one attached hydrogen (secondary N) is 1. The van der Waals surface area contributed by atoms with Crippen LogP contribution < -0.4 is 9.62 Å². The maximum absolute atomic E-state index is 11.9. The summed E-state index contributed by atoms with van der Waals surface area (Å²) < 4.78 is 2.00. The summed E-state index contributed by atoms with van der Waals surface area (Å²) in [6.45, 7) is 0.351. The summed E-state index contributed by atoms with van der Waals surface area (Å²) in [6, 6.07) is 17.8. The fraction of sp³-hybridized carbons (Fsp3) is 0.0714. The first-order valence-electron chi connectivity index (χ1n) is 5.72. The highest BCUT2D eigenvalue weighted by Crippen LogP contribution is 2.35. The molecule has 90 valence electrons. The second-order valence-corrected chi connectivity index (χ2v) is 5.07. The van der Waals surface area contributed by atoms with Gasteiger partial charge in [-0.3, -0.25) is 4.79 Å². The fourth-order valence-corrected chi connectivity index (χ4v) is 2.86. The first-order chi connectivity index (χ1) is 8.83. The second-order valence-electron chi connectivity index (χ2n) is 4.01. The van der Waals surface area contributed by atoms with Crippen molar-refractivity contribution in [2.24, 2.45) is 0 Å². The average molecular weight is 256 g/mol. The molecule has 1 N–H and O–H groups in total. The van der Waals surface area contributed by atoms with E-state index in [2.05, 4.69) is 5.32 Å². The maximum atomic E-state index is 11.9. The number of benzene rings is 2. The lowest BCUT2D eigenvalue weighted by Crippen LogP contribution is -2.25. The van der Waals surface area contributed by atoms with Crippen LogP contribution in [0.3, 0.4) is 0 Å². The van der Waals surface area contributed by atoms with Crippen LogP contribution in [0.1, 0.15) is 0 Å². The molecule has 0 aromatic heterocycles. The molecule has 0 bridgehead atoms. The zero-order valence-electron chi connectivity index (χ0n) is 9.67. The number of carbonyl (C=O) groups is 1. The number of amides is 1. The van der Waals surface area contributed by atoms with E-state index in [1.807, 2.05) is 58.9 Å². The van der Waals surface area contributed by atoms with E-state index < -0.39 is 0 Å². The van der Waals surface area contributed by atoms with Gasteiger partial charge in [0.25, 0.3) is 0 Å². The van der Waals surface area contributed by atoms with E-state index in [4.69, 9.17) is 0 Å². The molecule has 3 nitrogen and oxygen atoms in total. The van der Waals surface area contributed by atoms with Gasteiger partial charge in [-0.05, 0) is 36.2 Å². The first kappa shape index (κ1) is 11.2. The molecule has 0 aliphatic carbocycles. The molecule has 1 aliphatic heterocycles. The SMILES string of the molecule is O=C1CN(c2ccccc2)Sc2ccccc2N1. The second kappa shape index (κ2) is 4.74. The zero-order chi connectivity index (χ0) is 12.4. The zero-order valence-corrected chi connectivity index (χ0v) is 10.5. The van der Waals surface area contributed by atoms with Crippen LogP contribution >= 0.6 is 11.9 Å². The lowest BCUT2D eigenvalue weighted by molar-refractivity contribution is -0.114. The van der Waals surface area contributed by atoms with Gasteiger partial charge < -0.3 is 9.62 Å². The standard InChI is InChI=1S/C14H12N2OS/c17-14-10-16(11-6-2-1-3-7-11)18-13-9-5-4-8-12(13)15-14/h1-9H,10H2,(H,15,17). The third kappa shape index (κ3) is 2.19. The minimum absolute atomic E-state index is 0.0105. The Bertz CT molecular complexity index is 571. The molecule has 18 heavy (non-hydrogen) atoms. The van der Waals surface area contributed by atoms with Crippen LogP contribution in [0.25, 0.3) is 0 Å². The molecule has 0 radical (unpaired) electrons. The Morgan fingerprint density at radius 1 is 1.00 bits per heavy atom. The van der Waals surface area contributed by atoms with Crippen LogP contribution in [-0.4, -0.2) is 12.5 Å². The van der Waals surface area contributed by atoms with Crippen LogP contribution in [0, 0.1) is 0 Å². The minimum atomic E-state index is 0.0105. The van der Waals surface area contributed by atoms with Crippen molar-refractivity contribution >= 4 is 29.2 Å². The summed E-state index contributed by atoms with van der Waals surface area (Å²) >= 11 is 1.58. The summed E-state index contributed by atoms with van der Waals surface area (Å²) in [4.78, 5) is 12.9. The van der Waals surface area contributed by atoms with Crippen molar-refractivity contribution in [2.45, 2.75) is 4.90 Å². The smallest absolute Gasteiger partial charge is 0.245 e. The molecule has 1 amide bonds. The Labute approximate surface area is 110 Å². The van der Waals surface area contributed by atoms with Gasteiger partial charge in [0, 0.05) is 5.69 Å². The van der Waals surface area contributed by atoms with E-state index in [0.29, 0.717) is 6.54 Å². The molecule has 1 heterocycles. The fourth-order valence-electron chi connectivity index (χ4n) is 1.86. The van der Waals surface area contributed by atoms with Gasteiger partial charge in [0.2, 0.25) is 5.91 Å². The largest absolute Gasteiger partial charge is 0.323 e. The predicted octanol–water partition coefficient (Wildman–Crippen LogP) is 3.15. The highest BCUT2D eigenvalue weighted by atomic mass is 32.2. The van der Waals surface area contributed by atoms with E-state index in [1.165, 1.54) is 0 Å². The van der Waals surface area contributed by atoms with Crippen molar-refractivity contribution in [3.05, 3.63) is 54.6 Å².